The molecule has 0 amide bonds. The van der Waals surface area contributed by atoms with Crippen molar-refractivity contribution in [3.8, 4) is 0 Å². The Morgan fingerprint density at radius 1 is 0.682 bits per heavy atom. The molecule has 0 bridgehead atoms. The van der Waals surface area contributed by atoms with Crippen LogP contribution in [-0.4, -0.2) is 0 Å². The first-order valence-electron chi connectivity index (χ1n) is 8.27. The summed E-state index contributed by atoms with van der Waals surface area (Å²) in [6, 6.07) is 16.0. The van der Waals surface area contributed by atoms with E-state index in [1.807, 2.05) is 0 Å². The average Bonchev–Trinajstić information content (AvgIpc) is 2.47. The highest BCUT2D eigenvalue weighted by Crippen LogP contribution is 2.27. The van der Waals surface area contributed by atoms with E-state index in [4.69, 9.17) is 0 Å². The van der Waals surface area contributed by atoms with Gasteiger partial charge < -0.3 is 0 Å². The number of hydrogen-bond donors (Lipinski definition) is 0. The van der Waals surface area contributed by atoms with Crippen LogP contribution in [0.1, 0.15) is 76.0 Å². The Bertz CT molecular complexity index is 580. The van der Waals surface area contributed by atoms with E-state index in [0.29, 0.717) is 17.8 Å². The predicted octanol–water partition coefficient (Wildman–Crippen LogP) is 3.19. The maximum atomic E-state index is 2.47. The average molecular weight is 407 g/mol. The topological polar surface area (TPSA) is 0 Å². The van der Waals surface area contributed by atoms with Crippen LogP contribution in [-0.2, 0) is 0 Å². The molecule has 0 aromatic heterocycles. The van der Waals surface area contributed by atoms with Crippen molar-refractivity contribution in [2.24, 2.45) is 0 Å². The Labute approximate surface area is 146 Å². The summed E-state index contributed by atoms with van der Waals surface area (Å²) in [4.78, 5) is 0. The molecule has 0 N–H and O–H groups in total. The Hall–Kier alpha value is -0.830. The molecule has 0 saturated heterocycles. The summed E-state index contributed by atoms with van der Waals surface area (Å²) in [5.74, 6) is 1.78. The molecule has 2 aromatic carbocycles. The lowest BCUT2D eigenvalue weighted by Crippen LogP contribution is -3.62. The van der Waals surface area contributed by atoms with Gasteiger partial charge in [0.2, 0.25) is 3.57 Å². The summed E-state index contributed by atoms with van der Waals surface area (Å²) in [5.41, 5.74) is 4.64. The van der Waals surface area contributed by atoms with Gasteiger partial charge in [0.25, 0.3) is 0 Å². The molecule has 0 heterocycles. The zero-order valence-electron chi connectivity index (χ0n) is 14.7. The van der Waals surface area contributed by atoms with Crippen LogP contribution in [0, 0.1) is 7.14 Å². The van der Waals surface area contributed by atoms with E-state index in [0.717, 1.165) is 0 Å². The fourth-order valence-electron chi connectivity index (χ4n) is 2.56. The molecule has 2 rings (SSSR count). The second kappa shape index (κ2) is 7.63. The van der Waals surface area contributed by atoms with E-state index in [9.17, 15) is 0 Å². The highest BCUT2D eigenvalue weighted by atomic mass is 127. The van der Waals surface area contributed by atoms with Gasteiger partial charge in [-0.25, -0.2) is 0 Å². The van der Waals surface area contributed by atoms with Gasteiger partial charge in [-0.2, -0.15) is 0 Å². The van der Waals surface area contributed by atoms with Gasteiger partial charge in [-0.15, -0.1) is 0 Å². The van der Waals surface area contributed by atoms with Crippen molar-refractivity contribution in [1.82, 2.24) is 0 Å². The van der Waals surface area contributed by atoms with Gasteiger partial charge >= 0.3 is 21.2 Å². The molecule has 2 aromatic rings. The molecule has 0 atom stereocenters. The number of benzene rings is 2. The SMILES string of the molecule is CC(C)c1cc(C(C)C)c([I+]c2ccccc2)c(C(C)C)c1. The van der Waals surface area contributed by atoms with Crippen LogP contribution in [0.3, 0.4) is 0 Å². The largest absolute Gasteiger partial charge is 0.358 e. The van der Waals surface area contributed by atoms with Crippen molar-refractivity contribution in [3.05, 3.63) is 66.3 Å². The van der Waals surface area contributed by atoms with E-state index >= 15 is 0 Å². The van der Waals surface area contributed by atoms with E-state index < -0.39 is 0 Å². The third kappa shape index (κ3) is 4.13. The third-order valence-electron chi connectivity index (χ3n) is 4.00. The van der Waals surface area contributed by atoms with Crippen molar-refractivity contribution >= 4 is 0 Å². The second-order valence-corrected chi connectivity index (χ2v) is 9.73. The van der Waals surface area contributed by atoms with Crippen LogP contribution in [0.2, 0.25) is 0 Å². The summed E-state index contributed by atoms with van der Waals surface area (Å²) in [5, 5.41) is 0. The van der Waals surface area contributed by atoms with Crippen LogP contribution in [0.5, 0.6) is 0 Å². The molecule has 0 aliphatic carbocycles. The maximum Gasteiger partial charge on any atom is 0.358 e. The van der Waals surface area contributed by atoms with Crippen LogP contribution in [0.25, 0.3) is 0 Å². The minimum atomic E-state index is -0.114. The summed E-state index contributed by atoms with van der Waals surface area (Å²) in [7, 11) is 0. The molecule has 0 nitrogen and oxygen atoms in total. The molecule has 0 unspecified atom stereocenters. The molecule has 1 heteroatoms. The van der Waals surface area contributed by atoms with Crippen molar-refractivity contribution in [2.75, 3.05) is 0 Å². The van der Waals surface area contributed by atoms with Crippen molar-refractivity contribution in [2.45, 2.75) is 59.3 Å². The van der Waals surface area contributed by atoms with Crippen LogP contribution in [0.15, 0.2) is 42.5 Å². The molecule has 22 heavy (non-hydrogen) atoms. The maximum absolute atomic E-state index is 2.47. The molecule has 0 fully saturated rings. The van der Waals surface area contributed by atoms with Gasteiger partial charge in [0.1, 0.15) is 0 Å². The minimum Gasteiger partial charge on any atom is -0.0619 e. The van der Waals surface area contributed by atoms with Gasteiger partial charge in [0.05, 0.1) is 0 Å². The van der Waals surface area contributed by atoms with Crippen LogP contribution in [0.4, 0.5) is 0 Å². The standard InChI is InChI=1S/C21H28I/c1-14(2)17-12-19(15(3)4)21(20(13-17)16(5)6)22-18-10-8-7-9-11-18/h7-16H,1-6H3/q+1. The first-order chi connectivity index (χ1) is 10.4. The molecular weight excluding hydrogens is 379 g/mol. The lowest BCUT2D eigenvalue weighted by atomic mass is 9.90. The lowest BCUT2D eigenvalue weighted by molar-refractivity contribution is -0.599. The highest BCUT2D eigenvalue weighted by Gasteiger charge is 2.28. The fraction of sp³-hybridized carbons (Fsp3) is 0.429. The number of rotatable bonds is 5. The van der Waals surface area contributed by atoms with E-state index in [1.165, 1.54) is 9.13 Å². The third-order valence-corrected chi connectivity index (χ3v) is 7.13. The fourth-order valence-corrected chi connectivity index (χ4v) is 6.14. The summed E-state index contributed by atoms with van der Waals surface area (Å²) in [6.07, 6.45) is 0. The van der Waals surface area contributed by atoms with E-state index in [-0.39, 0.29) is 21.2 Å². The first kappa shape index (κ1) is 17.5. The zero-order valence-corrected chi connectivity index (χ0v) is 16.8. The Balaban J connectivity index is 2.58. The quantitative estimate of drug-likeness (QED) is 0.668. The summed E-state index contributed by atoms with van der Waals surface area (Å²) >= 11 is -0.114. The van der Waals surface area contributed by atoms with Gasteiger partial charge in [-0.05, 0) is 35.4 Å². The number of hydrogen-bond acceptors (Lipinski definition) is 0. The Morgan fingerprint density at radius 3 is 1.59 bits per heavy atom. The van der Waals surface area contributed by atoms with Crippen molar-refractivity contribution in [3.63, 3.8) is 0 Å². The van der Waals surface area contributed by atoms with Gasteiger partial charge in [-0.1, -0.05) is 71.9 Å². The molecule has 0 radical (unpaired) electrons. The van der Waals surface area contributed by atoms with Gasteiger partial charge in [0.15, 0.2) is 3.57 Å². The Kier molecular flexibility index (Phi) is 6.08. The van der Waals surface area contributed by atoms with Crippen LogP contribution >= 0.6 is 0 Å². The monoisotopic (exact) mass is 407 g/mol. The normalized spacial score (nSPS) is 11.7. The highest BCUT2D eigenvalue weighted by molar-refractivity contribution is 5.34. The number of halogens is 1. The summed E-state index contributed by atoms with van der Waals surface area (Å²) in [6.45, 7) is 13.9. The second-order valence-electron chi connectivity index (χ2n) is 6.87. The molecule has 0 spiro atoms. The van der Waals surface area contributed by atoms with Crippen LogP contribution < -0.4 is 21.2 Å². The van der Waals surface area contributed by atoms with Crippen molar-refractivity contribution in [1.29, 1.82) is 0 Å². The smallest absolute Gasteiger partial charge is 0.0619 e. The molecule has 118 valence electrons. The van der Waals surface area contributed by atoms with Gasteiger partial charge in [0, 0.05) is 11.1 Å². The zero-order chi connectivity index (χ0) is 16.3. The van der Waals surface area contributed by atoms with Crippen molar-refractivity contribution < 1.29 is 21.2 Å². The molecule has 0 saturated carbocycles. The first-order valence-corrected chi connectivity index (χ1v) is 10.4. The van der Waals surface area contributed by atoms with E-state index in [2.05, 4.69) is 84.0 Å². The molecular formula is C21H28I+. The molecule has 0 aliphatic rings. The lowest BCUT2D eigenvalue weighted by Gasteiger charge is -2.17. The Morgan fingerprint density at radius 2 is 1.18 bits per heavy atom. The van der Waals surface area contributed by atoms with E-state index in [1.54, 1.807) is 14.7 Å². The minimum absolute atomic E-state index is 0.114. The molecule has 0 aliphatic heterocycles. The predicted molar refractivity (Wildman–Crippen MR) is 92.5 cm³/mol. The van der Waals surface area contributed by atoms with Gasteiger partial charge in [-0.3, -0.25) is 0 Å². The summed E-state index contributed by atoms with van der Waals surface area (Å²) < 4.78 is 3.17.